The Morgan fingerprint density at radius 2 is 1.26 bits per heavy atom. The fraction of sp³-hybridized carbons (Fsp3) is 0.273. The lowest BCUT2D eigenvalue weighted by Gasteiger charge is -2.29. The summed E-state index contributed by atoms with van der Waals surface area (Å²) in [4.78, 5) is 0. The third-order valence-corrected chi connectivity index (χ3v) is 7.80. The summed E-state index contributed by atoms with van der Waals surface area (Å²) in [6.45, 7) is 9.33. The number of hydrogen-bond acceptors (Lipinski definition) is 1. The van der Waals surface area contributed by atoms with Gasteiger partial charge >= 0.3 is 0 Å². The Labute approximate surface area is 202 Å². The van der Waals surface area contributed by atoms with Crippen LogP contribution in [0.2, 0.25) is 0 Å². The molecule has 5 aromatic rings. The van der Waals surface area contributed by atoms with E-state index in [9.17, 15) is 0 Å². The highest BCUT2D eigenvalue weighted by atomic mass is 16.3. The molecule has 0 N–H and O–H groups in total. The molecule has 1 heteroatoms. The van der Waals surface area contributed by atoms with Gasteiger partial charge in [-0.2, -0.15) is 0 Å². The lowest BCUT2D eigenvalue weighted by Crippen LogP contribution is -2.14. The lowest BCUT2D eigenvalue weighted by atomic mass is 9.74. The average Bonchev–Trinajstić information content (AvgIpc) is 3.42. The minimum Gasteiger partial charge on any atom is -0.456 e. The minimum atomic E-state index is 0.325. The molecular weight excluding hydrogens is 412 g/mol. The smallest absolute Gasteiger partial charge is 0.138 e. The summed E-state index contributed by atoms with van der Waals surface area (Å²) < 4.78 is 6.53. The summed E-state index contributed by atoms with van der Waals surface area (Å²) in [6.07, 6.45) is 1.04. The van der Waals surface area contributed by atoms with Crippen LogP contribution in [-0.4, -0.2) is 0 Å². The molecular formula is C33H32O. The predicted octanol–water partition coefficient (Wildman–Crippen LogP) is 9.30. The third-order valence-electron chi connectivity index (χ3n) is 7.80. The van der Waals surface area contributed by atoms with Gasteiger partial charge in [0.05, 0.1) is 0 Å². The Kier molecular flexibility index (Phi) is 5.10. The summed E-state index contributed by atoms with van der Waals surface area (Å²) in [5.74, 6) is 1.62. The number of hydrogen-bond donors (Lipinski definition) is 0. The van der Waals surface area contributed by atoms with Crippen molar-refractivity contribution in [3.63, 3.8) is 0 Å². The van der Waals surface area contributed by atoms with Crippen LogP contribution in [0.4, 0.5) is 0 Å². The fourth-order valence-corrected chi connectivity index (χ4v) is 6.27. The van der Waals surface area contributed by atoms with Crippen molar-refractivity contribution in [2.75, 3.05) is 0 Å². The number of fused-ring (bicyclic) bond motifs is 4. The van der Waals surface area contributed by atoms with E-state index in [0.717, 1.165) is 17.6 Å². The summed E-state index contributed by atoms with van der Waals surface area (Å²) in [7, 11) is 0. The van der Waals surface area contributed by atoms with Crippen LogP contribution in [0.15, 0.2) is 89.3 Å². The molecule has 0 saturated heterocycles. The molecule has 0 spiro atoms. The number of furan rings is 1. The largest absolute Gasteiger partial charge is 0.456 e. The van der Waals surface area contributed by atoms with Crippen LogP contribution in [-0.2, 0) is 6.42 Å². The molecule has 0 bridgehead atoms. The molecule has 1 heterocycles. The second-order valence-corrected chi connectivity index (χ2v) is 10.5. The Morgan fingerprint density at radius 1 is 0.647 bits per heavy atom. The van der Waals surface area contributed by atoms with Crippen molar-refractivity contribution < 1.29 is 4.42 Å². The quantitative estimate of drug-likeness (QED) is 0.269. The van der Waals surface area contributed by atoms with Gasteiger partial charge in [-0.25, -0.2) is 0 Å². The molecule has 0 radical (unpaired) electrons. The van der Waals surface area contributed by atoms with Gasteiger partial charge in [0.15, 0.2) is 0 Å². The number of rotatable bonds is 4. The SMILES string of the molecule is CC(C)c1cccc(C(C)C)c1C1c2ccccc2CC1c1cccc2c1oc1ccccc12. The van der Waals surface area contributed by atoms with E-state index in [1.807, 2.05) is 0 Å². The van der Waals surface area contributed by atoms with Crippen molar-refractivity contribution in [3.8, 4) is 0 Å². The van der Waals surface area contributed by atoms with E-state index in [1.165, 1.54) is 44.2 Å². The monoisotopic (exact) mass is 444 g/mol. The van der Waals surface area contributed by atoms with E-state index in [2.05, 4.69) is 113 Å². The molecule has 0 fully saturated rings. The molecule has 0 aliphatic heterocycles. The maximum atomic E-state index is 6.53. The molecule has 1 aliphatic rings. The van der Waals surface area contributed by atoms with Gasteiger partial charge < -0.3 is 4.42 Å². The molecule has 6 rings (SSSR count). The average molecular weight is 445 g/mol. The van der Waals surface area contributed by atoms with E-state index in [1.54, 1.807) is 0 Å². The zero-order valence-electron chi connectivity index (χ0n) is 20.5. The van der Waals surface area contributed by atoms with Crippen LogP contribution in [0.1, 0.15) is 84.7 Å². The summed E-state index contributed by atoms with van der Waals surface area (Å²) >= 11 is 0. The molecule has 0 saturated carbocycles. The first-order valence-corrected chi connectivity index (χ1v) is 12.6. The Bertz CT molecular complexity index is 1470. The first kappa shape index (κ1) is 21.2. The van der Waals surface area contributed by atoms with Crippen LogP contribution >= 0.6 is 0 Å². The second-order valence-electron chi connectivity index (χ2n) is 10.5. The number of benzene rings is 4. The first-order chi connectivity index (χ1) is 16.5. The Balaban J connectivity index is 1.64. The van der Waals surface area contributed by atoms with E-state index < -0.39 is 0 Å². The normalized spacial score (nSPS) is 17.8. The second kappa shape index (κ2) is 8.17. The van der Waals surface area contributed by atoms with Gasteiger partial charge in [0.25, 0.3) is 0 Å². The first-order valence-electron chi connectivity index (χ1n) is 12.6. The lowest BCUT2D eigenvalue weighted by molar-refractivity contribution is 0.610. The molecule has 4 aromatic carbocycles. The standard InChI is InChI=1S/C33H32O/c1-20(2)23-14-9-15-24(21(3)4)31(23)32-25-12-6-5-11-22(25)19-29(32)28-17-10-16-27-26-13-7-8-18-30(26)34-33(27)28/h5-18,20-21,29,32H,19H2,1-4H3. The zero-order chi connectivity index (χ0) is 23.4. The maximum absolute atomic E-state index is 6.53. The van der Waals surface area contributed by atoms with Crippen LogP contribution < -0.4 is 0 Å². The van der Waals surface area contributed by atoms with Gasteiger partial charge in [0.1, 0.15) is 11.2 Å². The molecule has 2 atom stereocenters. The van der Waals surface area contributed by atoms with Crippen LogP contribution in [0, 0.1) is 0 Å². The van der Waals surface area contributed by atoms with Gasteiger partial charge in [-0.3, -0.25) is 0 Å². The van der Waals surface area contributed by atoms with Crippen molar-refractivity contribution in [1.29, 1.82) is 0 Å². The van der Waals surface area contributed by atoms with Crippen LogP contribution in [0.3, 0.4) is 0 Å². The summed E-state index contributed by atoms with van der Waals surface area (Å²) in [5, 5.41) is 2.43. The van der Waals surface area contributed by atoms with Gasteiger partial charge in [-0.15, -0.1) is 0 Å². The summed E-state index contributed by atoms with van der Waals surface area (Å²) in [5.41, 5.74) is 10.8. The molecule has 0 amide bonds. The van der Waals surface area contributed by atoms with Crippen molar-refractivity contribution in [3.05, 3.63) is 118 Å². The molecule has 2 unspecified atom stereocenters. The van der Waals surface area contributed by atoms with Crippen LogP contribution in [0.25, 0.3) is 21.9 Å². The Hall–Kier alpha value is -3.32. The van der Waals surface area contributed by atoms with E-state index in [0.29, 0.717) is 23.7 Å². The fourth-order valence-electron chi connectivity index (χ4n) is 6.27. The van der Waals surface area contributed by atoms with Crippen molar-refractivity contribution in [2.24, 2.45) is 0 Å². The van der Waals surface area contributed by atoms with Crippen molar-refractivity contribution in [1.82, 2.24) is 0 Å². The predicted molar refractivity (Wildman–Crippen MR) is 143 cm³/mol. The van der Waals surface area contributed by atoms with E-state index in [-0.39, 0.29) is 0 Å². The minimum absolute atomic E-state index is 0.325. The Morgan fingerprint density at radius 3 is 2.03 bits per heavy atom. The third kappa shape index (κ3) is 3.21. The molecule has 34 heavy (non-hydrogen) atoms. The van der Waals surface area contributed by atoms with Gasteiger partial charge in [-0.1, -0.05) is 107 Å². The summed E-state index contributed by atoms with van der Waals surface area (Å²) in [6, 6.07) is 31.2. The van der Waals surface area contributed by atoms with Crippen LogP contribution in [0.5, 0.6) is 0 Å². The molecule has 1 aliphatic carbocycles. The number of para-hydroxylation sites is 2. The van der Waals surface area contributed by atoms with Gasteiger partial charge in [-0.05, 0) is 57.7 Å². The van der Waals surface area contributed by atoms with Crippen molar-refractivity contribution in [2.45, 2.75) is 57.8 Å². The van der Waals surface area contributed by atoms with Gasteiger partial charge in [0, 0.05) is 22.6 Å². The maximum Gasteiger partial charge on any atom is 0.138 e. The molecule has 170 valence electrons. The molecule has 1 nitrogen and oxygen atoms in total. The highest BCUT2D eigenvalue weighted by molar-refractivity contribution is 6.06. The highest BCUT2D eigenvalue weighted by Gasteiger charge is 2.38. The van der Waals surface area contributed by atoms with E-state index in [4.69, 9.17) is 4.42 Å². The zero-order valence-corrected chi connectivity index (χ0v) is 20.5. The van der Waals surface area contributed by atoms with E-state index >= 15 is 0 Å². The highest BCUT2D eigenvalue weighted by Crippen LogP contribution is 2.52. The topological polar surface area (TPSA) is 13.1 Å². The van der Waals surface area contributed by atoms with Crippen molar-refractivity contribution >= 4 is 21.9 Å². The molecule has 1 aromatic heterocycles. The van der Waals surface area contributed by atoms with Gasteiger partial charge in [0.2, 0.25) is 0 Å².